The van der Waals surface area contributed by atoms with Crippen LogP contribution in [-0.4, -0.2) is 23.3 Å². The molecule has 0 saturated heterocycles. The molecule has 0 bridgehead atoms. The summed E-state index contributed by atoms with van der Waals surface area (Å²) in [6, 6.07) is 5.51. The molecule has 0 amide bonds. The van der Waals surface area contributed by atoms with Gasteiger partial charge < -0.3 is 14.9 Å². The minimum atomic E-state index is -1.17. The van der Waals surface area contributed by atoms with Crippen LogP contribution in [0.2, 0.25) is 0 Å². The molecule has 0 aliphatic rings. The standard InChI is InChI=1S/C19H20O4S/c1-12(2)6-9-15-16(23-3)11-13(17(18(15)20)19(21)22)7-8-14-5-4-10-24-14/h4-8,10-11,20H,9H2,1-3H3,(H,21,22). The zero-order chi connectivity index (χ0) is 17.7. The summed E-state index contributed by atoms with van der Waals surface area (Å²) in [7, 11) is 1.51. The Morgan fingerprint density at radius 1 is 1.33 bits per heavy atom. The molecule has 0 aliphatic heterocycles. The lowest BCUT2D eigenvalue weighted by Crippen LogP contribution is -2.04. The molecule has 1 aromatic heterocycles. The monoisotopic (exact) mass is 344 g/mol. The fourth-order valence-corrected chi connectivity index (χ4v) is 2.92. The van der Waals surface area contributed by atoms with Crippen molar-refractivity contribution < 1.29 is 19.7 Å². The zero-order valence-electron chi connectivity index (χ0n) is 13.9. The van der Waals surface area contributed by atoms with Crippen LogP contribution in [0.25, 0.3) is 12.2 Å². The van der Waals surface area contributed by atoms with Crippen LogP contribution in [0.4, 0.5) is 0 Å². The number of aromatic carboxylic acids is 1. The average molecular weight is 344 g/mol. The molecule has 5 heteroatoms. The van der Waals surface area contributed by atoms with Crippen LogP contribution in [-0.2, 0) is 6.42 Å². The minimum Gasteiger partial charge on any atom is -0.507 e. The molecule has 0 saturated carbocycles. The Balaban J connectivity index is 2.56. The first kappa shape index (κ1) is 17.8. The molecule has 24 heavy (non-hydrogen) atoms. The van der Waals surface area contributed by atoms with E-state index in [1.807, 2.05) is 43.5 Å². The van der Waals surface area contributed by atoms with Gasteiger partial charge in [0.25, 0.3) is 0 Å². The highest BCUT2D eigenvalue weighted by Crippen LogP contribution is 2.36. The zero-order valence-corrected chi connectivity index (χ0v) is 14.7. The molecular formula is C19H20O4S. The van der Waals surface area contributed by atoms with Crippen LogP contribution in [0.1, 0.15) is 40.2 Å². The number of ether oxygens (including phenoxy) is 1. The molecule has 0 aliphatic carbocycles. The van der Waals surface area contributed by atoms with Crippen molar-refractivity contribution in [1.29, 1.82) is 0 Å². The number of phenols is 1. The van der Waals surface area contributed by atoms with E-state index in [0.717, 1.165) is 10.5 Å². The first-order valence-electron chi connectivity index (χ1n) is 7.45. The number of hydrogen-bond donors (Lipinski definition) is 2. The van der Waals surface area contributed by atoms with Gasteiger partial charge in [-0.1, -0.05) is 23.8 Å². The summed E-state index contributed by atoms with van der Waals surface area (Å²) in [4.78, 5) is 12.6. The molecular weight excluding hydrogens is 324 g/mol. The number of aromatic hydroxyl groups is 1. The third-order valence-electron chi connectivity index (χ3n) is 3.51. The van der Waals surface area contributed by atoms with Crippen molar-refractivity contribution in [2.45, 2.75) is 20.3 Å². The second-order valence-electron chi connectivity index (χ2n) is 5.51. The van der Waals surface area contributed by atoms with Gasteiger partial charge in [-0.2, -0.15) is 0 Å². The van der Waals surface area contributed by atoms with Gasteiger partial charge in [0.15, 0.2) is 0 Å². The van der Waals surface area contributed by atoms with Gasteiger partial charge in [0.2, 0.25) is 0 Å². The normalized spacial score (nSPS) is 10.8. The highest BCUT2D eigenvalue weighted by atomic mass is 32.1. The predicted octanol–water partition coefficient (Wildman–Crippen LogP) is 4.84. The third-order valence-corrected chi connectivity index (χ3v) is 4.35. The van der Waals surface area contributed by atoms with E-state index in [-0.39, 0.29) is 11.3 Å². The average Bonchev–Trinajstić information content (AvgIpc) is 3.03. The van der Waals surface area contributed by atoms with Crippen molar-refractivity contribution >= 4 is 29.5 Å². The van der Waals surface area contributed by atoms with Gasteiger partial charge in [-0.25, -0.2) is 4.79 Å². The van der Waals surface area contributed by atoms with Crippen LogP contribution in [0.5, 0.6) is 11.5 Å². The Bertz CT molecular complexity index is 782. The van der Waals surface area contributed by atoms with Crippen LogP contribution < -0.4 is 4.74 Å². The first-order chi connectivity index (χ1) is 11.4. The summed E-state index contributed by atoms with van der Waals surface area (Å²) in [6.45, 7) is 3.89. The van der Waals surface area contributed by atoms with E-state index < -0.39 is 5.97 Å². The van der Waals surface area contributed by atoms with E-state index in [0.29, 0.717) is 23.3 Å². The number of benzene rings is 1. The Morgan fingerprint density at radius 3 is 2.62 bits per heavy atom. The molecule has 0 radical (unpaired) electrons. The topological polar surface area (TPSA) is 66.8 Å². The van der Waals surface area contributed by atoms with E-state index in [4.69, 9.17) is 4.74 Å². The Hall–Kier alpha value is -2.53. The summed E-state index contributed by atoms with van der Waals surface area (Å²) in [6.07, 6.45) is 5.83. The molecule has 0 atom stereocenters. The van der Waals surface area contributed by atoms with E-state index in [9.17, 15) is 15.0 Å². The third kappa shape index (κ3) is 4.06. The van der Waals surface area contributed by atoms with Crippen molar-refractivity contribution in [2.75, 3.05) is 7.11 Å². The molecule has 4 nitrogen and oxygen atoms in total. The van der Waals surface area contributed by atoms with Crippen LogP contribution in [0.3, 0.4) is 0 Å². The number of allylic oxidation sites excluding steroid dienone is 2. The Kier molecular flexibility index (Phi) is 5.82. The largest absolute Gasteiger partial charge is 0.507 e. The maximum atomic E-state index is 11.6. The van der Waals surface area contributed by atoms with E-state index in [1.54, 1.807) is 23.5 Å². The maximum Gasteiger partial charge on any atom is 0.340 e. The number of carbonyl (C=O) groups is 1. The number of methoxy groups -OCH3 is 1. The predicted molar refractivity (Wildman–Crippen MR) is 98.0 cm³/mol. The SMILES string of the molecule is COc1cc(C=Cc2cccs2)c(C(=O)O)c(O)c1CC=C(C)C. The number of rotatable bonds is 6. The van der Waals surface area contributed by atoms with Gasteiger partial charge in [0.05, 0.1) is 7.11 Å². The van der Waals surface area contributed by atoms with Gasteiger partial charge in [-0.05, 0) is 49.4 Å². The second-order valence-corrected chi connectivity index (χ2v) is 6.49. The quantitative estimate of drug-likeness (QED) is 0.736. The lowest BCUT2D eigenvalue weighted by molar-refractivity contribution is 0.0693. The smallest absolute Gasteiger partial charge is 0.340 e. The molecule has 0 spiro atoms. The van der Waals surface area contributed by atoms with Gasteiger partial charge in [-0.3, -0.25) is 0 Å². The first-order valence-corrected chi connectivity index (χ1v) is 8.33. The van der Waals surface area contributed by atoms with E-state index in [2.05, 4.69) is 0 Å². The highest BCUT2D eigenvalue weighted by molar-refractivity contribution is 7.10. The number of thiophene rings is 1. The van der Waals surface area contributed by atoms with Gasteiger partial charge >= 0.3 is 5.97 Å². The van der Waals surface area contributed by atoms with Gasteiger partial charge in [-0.15, -0.1) is 11.3 Å². The van der Waals surface area contributed by atoms with Crippen molar-refractivity contribution in [3.63, 3.8) is 0 Å². The fraction of sp³-hybridized carbons (Fsp3) is 0.211. The summed E-state index contributed by atoms with van der Waals surface area (Å²) in [5.41, 5.74) is 1.85. The lowest BCUT2D eigenvalue weighted by atomic mass is 9.98. The minimum absolute atomic E-state index is 0.110. The molecule has 0 fully saturated rings. The number of carboxylic acids is 1. The summed E-state index contributed by atoms with van der Waals surface area (Å²) in [5.74, 6) is -0.939. The number of hydrogen-bond acceptors (Lipinski definition) is 4. The van der Waals surface area contributed by atoms with Crippen LogP contribution in [0, 0.1) is 0 Å². The van der Waals surface area contributed by atoms with Gasteiger partial charge in [0, 0.05) is 10.4 Å². The Labute approximate surface area is 145 Å². The fourth-order valence-electron chi connectivity index (χ4n) is 2.30. The van der Waals surface area contributed by atoms with Crippen molar-refractivity contribution in [2.24, 2.45) is 0 Å². The maximum absolute atomic E-state index is 11.6. The van der Waals surface area contributed by atoms with Crippen LogP contribution in [0.15, 0.2) is 35.2 Å². The molecule has 126 valence electrons. The molecule has 2 rings (SSSR count). The van der Waals surface area contributed by atoms with Gasteiger partial charge in [0.1, 0.15) is 17.1 Å². The van der Waals surface area contributed by atoms with Crippen LogP contribution >= 0.6 is 11.3 Å². The summed E-state index contributed by atoms with van der Waals surface area (Å²) >= 11 is 1.55. The van der Waals surface area contributed by atoms with Crippen molar-refractivity contribution in [1.82, 2.24) is 0 Å². The van der Waals surface area contributed by atoms with E-state index >= 15 is 0 Å². The summed E-state index contributed by atoms with van der Waals surface area (Å²) < 4.78 is 5.36. The lowest BCUT2D eigenvalue weighted by Gasteiger charge is -2.14. The van der Waals surface area contributed by atoms with Crippen molar-refractivity contribution in [3.05, 3.63) is 56.8 Å². The van der Waals surface area contributed by atoms with Crippen molar-refractivity contribution in [3.8, 4) is 11.5 Å². The molecule has 1 aromatic carbocycles. The van der Waals surface area contributed by atoms with E-state index in [1.165, 1.54) is 7.11 Å². The highest BCUT2D eigenvalue weighted by Gasteiger charge is 2.21. The molecule has 2 aromatic rings. The molecule has 0 unspecified atom stereocenters. The Morgan fingerprint density at radius 2 is 2.08 bits per heavy atom. The summed E-state index contributed by atoms with van der Waals surface area (Å²) in [5, 5.41) is 22.0. The molecule has 1 heterocycles. The second kappa shape index (κ2) is 7.84. The number of carboxylic acid groups (broad SMARTS) is 1. The molecule has 2 N–H and O–H groups in total.